The van der Waals surface area contributed by atoms with E-state index >= 15 is 0 Å². The number of nitrogens with zero attached hydrogens (tertiary/aromatic N) is 2. The van der Waals surface area contributed by atoms with Crippen LogP contribution in [0, 0.1) is 0 Å². The minimum absolute atomic E-state index is 0.153. The summed E-state index contributed by atoms with van der Waals surface area (Å²) in [6.07, 6.45) is -3.02. The fraction of sp³-hybridized carbons (Fsp3) is 0.600. The molecule has 2 heterocycles. The molecule has 1 atom stereocenters. The van der Waals surface area contributed by atoms with E-state index in [-0.39, 0.29) is 11.5 Å². The molecule has 10 heteroatoms. The Labute approximate surface area is 173 Å². The zero-order chi connectivity index (χ0) is 22.4. The Bertz CT molecular complexity index is 722. The summed E-state index contributed by atoms with van der Waals surface area (Å²) in [4.78, 5) is 25.0. The number of carboxylic acids is 1. The first-order valence-electron chi connectivity index (χ1n) is 9.59. The smallest absolute Gasteiger partial charge is 0.490 e. The van der Waals surface area contributed by atoms with Crippen molar-refractivity contribution in [2.24, 2.45) is 0 Å². The maximum absolute atomic E-state index is 11.7. The molecule has 0 aliphatic carbocycles. The van der Waals surface area contributed by atoms with E-state index in [1.165, 1.54) is 5.56 Å². The molecule has 2 aliphatic rings. The Morgan fingerprint density at radius 1 is 1.20 bits per heavy atom. The zero-order valence-corrected chi connectivity index (χ0v) is 17.1. The molecule has 2 fully saturated rings. The van der Waals surface area contributed by atoms with Gasteiger partial charge in [0.25, 0.3) is 0 Å². The average Bonchev–Trinajstić information content (AvgIpc) is 2.68. The number of ether oxygens (including phenoxy) is 2. The minimum atomic E-state index is -5.08. The van der Waals surface area contributed by atoms with E-state index in [9.17, 15) is 18.0 Å². The van der Waals surface area contributed by atoms with Crippen molar-refractivity contribution in [1.29, 1.82) is 0 Å². The van der Waals surface area contributed by atoms with Crippen LogP contribution in [0.4, 0.5) is 13.2 Å². The van der Waals surface area contributed by atoms with Crippen LogP contribution in [-0.2, 0) is 20.9 Å². The van der Waals surface area contributed by atoms with Crippen LogP contribution in [0.5, 0.6) is 5.75 Å². The number of hydrogen-bond acceptors (Lipinski definition) is 5. The van der Waals surface area contributed by atoms with Crippen LogP contribution in [0.3, 0.4) is 0 Å². The van der Waals surface area contributed by atoms with Gasteiger partial charge in [0.2, 0.25) is 5.91 Å². The molecule has 1 spiro atoms. The Morgan fingerprint density at radius 2 is 1.83 bits per heavy atom. The summed E-state index contributed by atoms with van der Waals surface area (Å²) in [7, 11) is 1.69. The fourth-order valence-corrected chi connectivity index (χ4v) is 3.66. The summed E-state index contributed by atoms with van der Waals surface area (Å²) in [6, 6.07) is 8.24. The lowest BCUT2D eigenvalue weighted by molar-refractivity contribution is -0.192. The molecule has 1 unspecified atom stereocenters. The lowest BCUT2D eigenvalue weighted by atomic mass is 9.90. The van der Waals surface area contributed by atoms with Crippen molar-refractivity contribution in [1.82, 2.24) is 9.80 Å². The molecule has 3 rings (SSSR count). The zero-order valence-electron chi connectivity index (χ0n) is 17.1. The largest absolute Gasteiger partial charge is 0.497 e. The quantitative estimate of drug-likeness (QED) is 0.791. The maximum Gasteiger partial charge on any atom is 0.490 e. The Balaban J connectivity index is 0.000000396. The van der Waals surface area contributed by atoms with Gasteiger partial charge in [-0.3, -0.25) is 9.69 Å². The summed E-state index contributed by atoms with van der Waals surface area (Å²) in [5.41, 5.74) is 1.09. The predicted molar refractivity (Wildman–Crippen MR) is 102 cm³/mol. The summed E-state index contributed by atoms with van der Waals surface area (Å²) in [6.45, 7) is 6.71. The number of morpholine rings is 1. The topological polar surface area (TPSA) is 79.3 Å². The minimum Gasteiger partial charge on any atom is -0.497 e. The SMILES string of the molecule is COc1ccc(CN2CCOC3(CCCN(C(C)=O)C3)C2)cc1.O=C(O)C(F)(F)F. The van der Waals surface area contributed by atoms with Gasteiger partial charge in [0, 0.05) is 33.1 Å². The average molecular weight is 432 g/mol. The highest BCUT2D eigenvalue weighted by atomic mass is 19.4. The van der Waals surface area contributed by atoms with Gasteiger partial charge in [-0.1, -0.05) is 12.1 Å². The van der Waals surface area contributed by atoms with E-state index < -0.39 is 12.1 Å². The number of likely N-dealkylation sites (tertiary alicyclic amines) is 1. The number of carbonyl (C=O) groups is 2. The first-order chi connectivity index (χ1) is 14.0. The first-order valence-corrected chi connectivity index (χ1v) is 9.59. The van der Waals surface area contributed by atoms with Crippen molar-refractivity contribution in [3.05, 3.63) is 29.8 Å². The number of carbonyl (C=O) groups excluding carboxylic acids is 1. The van der Waals surface area contributed by atoms with E-state index in [0.29, 0.717) is 0 Å². The number of alkyl halides is 3. The van der Waals surface area contributed by atoms with E-state index in [1.54, 1.807) is 14.0 Å². The van der Waals surface area contributed by atoms with Crippen LogP contribution in [-0.4, -0.2) is 78.5 Å². The number of aliphatic carboxylic acids is 1. The number of halogens is 3. The summed E-state index contributed by atoms with van der Waals surface area (Å²) in [5.74, 6) is -1.72. The lowest BCUT2D eigenvalue weighted by Crippen LogP contribution is -2.60. The second kappa shape index (κ2) is 10.1. The van der Waals surface area contributed by atoms with Crippen molar-refractivity contribution in [3.63, 3.8) is 0 Å². The van der Waals surface area contributed by atoms with Crippen LogP contribution in [0.25, 0.3) is 0 Å². The monoisotopic (exact) mass is 432 g/mol. The van der Waals surface area contributed by atoms with E-state index in [1.807, 2.05) is 17.0 Å². The standard InChI is InChI=1S/C18H26N2O3.C2HF3O2/c1-15(21)20-9-3-8-18(14-20)13-19(10-11-23-18)12-16-4-6-17(22-2)7-5-16;3-2(4,5)1(6)7/h4-7H,3,8-14H2,1-2H3;(H,6,7). The molecule has 0 aromatic heterocycles. The van der Waals surface area contributed by atoms with Gasteiger partial charge in [0.05, 0.1) is 25.9 Å². The van der Waals surface area contributed by atoms with Gasteiger partial charge in [-0.05, 0) is 30.5 Å². The molecular formula is C20H27F3N2O5. The molecule has 1 N–H and O–H groups in total. The number of amides is 1. The number of rotatable bonds is 3. The number of benzene rings is 1. The highest BCUT2D eigenvalue weighted by molar-refractivity contribution is 5.73. The van der Waals surface area contributed by atoms with E-state index in [4.69, 9.17) is 19.4 Å². The molecule has 0 radical (unpaired) electrons. The fourth-order valence-electron chi connectivity index (χ4n) is 3.66. The third-order valence-electron chi connectivity index (χ3n) is 5.12. The van der Waals surface area contributed by atoms with Gasteiger partial charge in [-0.25, -0.2) is 4.79 Å². The number of carboxylic acid groups (broad SMARTS) is 1. The summed E-state index contributed by atoms with van der Waals surface area (Å²) in [5, 5.41) is 7.12. The van der Waals surface area contributed by atoms with Crippen molar-refractivity contribution in [2.75, 3.05) is 39.9 Å². The van der Waals surface area contributed by atoms with Crippen LogP contribution in [0.15, 0.2) is 24.3 Å². The number of methoxy groups -OCH3 is 1. The predicted octanol–water partition coefficient (Wildman–Crippen LogP) is 2.54. The van der Waals surface area contributed by atoms with Gasteiger partial charge in [-0.15, -0.1) is 0 Å². The van der Waals surface area contributed by atoms with Crippen molar-refractivity contribution >= 4 is 11.9 Å². The molecular weight excluding hydrogens is 405 g/mol. The first kappa shape index (κ1) is 23.9. The molecule has 30 heavy (non-hydrogen) atoms. The highest BCUT2D eigenvalue weighted by Crippen LogP contribution is 2.29. The Hall–Kier alpha value is -2.33. The normalized spacial score (nSPS) is 22.2. The van der Waals surface area contributed by atoms with Gasteiger partial charge >= 0.3 is 12.1 Å². The third kappa shape index (κ3) is 6.88. The molecule has 1 aromatic rings. The molecule has 168 valence electrons. The van der Waals surface area contributed by atoms with Crippen LogP contribution >= 0.6 is 0 Å². The molecule has 1 aromatic carbocycles. The second-order valence-electron chi connectivity index (χ2n) is 7.44. The molecule has 2 aliphatic heterocycles. The summed E-state index contributed by atoms with van der Waals surface area (Å²) >= 11 is 0. The van der Waals surface area contributed by atoms with Crippen molar-refractivity contribution < 1.29 is 37.3 Å². The third-order valence-corrected chi connectivity index (χ3v) is 5.12. The highest BCUT2D eigenvalue weighted by Gasteiger charge is 2.41. The second-order valence-corrected chi connectivity index (χ2v) is 7.44. The van der Waals surface area contributed by atoms with E-state index in [0.717, 1.165) is 57.9 Å². The number of hydrogen-bond donors (Lipinski definition) is 1. The van der Waals surface area contributed by atoms with E-state index in [2.05, 4.69) is 17.0 Å². The summed E-state index contributed by atoms with van der Waals surface area (Å²) < 4.78 is 43.1. The van der Waals surface area contributed by atoms with Gasteiger partial charge < -0.3 is 19.5 Å². The van der Waals surface area contributed by atoms with Crippen molar-refractivity contribution in [2.45, 2.75) is 38.1 Å². The molecule has 2 saturated heterocycles. The molecule has 7 nitrogen and oxygen atoms in total. The Morgan fingerprint density at radius 3 is 2.37 bits per heavy atom. The van der Waals surface area contributed by atoms with Crippen LogP contribution in [0.2, 0.25) is 0 Å². The molecule has 0 saturated carbocycles. The van der Waals surface area contributed by atoms with Crippen LogP contribution in [0.1, 0.15) is 25.3 Å². The van der Waals surface area contributed by atoms with Gasteiger partial charge in [-0.2, -0.15) is 13.2 Å². The molecule has 1 amide bonds. The van der Waals surface area contributed by atoms with Gasteiger partial charge in [0.15, 0.2) is 0 Å². The lowest BCUT2D eigenvalue weighted by Gasteiger charge is -2.48. The van der Waals surface area contributed by atoms with Gasteiger partial charge in [0.1, 0.15) is 5.75 Å². The number of piperidine rings is 1. The Kier molecular flexibility index (Phi) is 8.08. The van der Waals surface area contributed by atoms with Crippen LogP contribution < -0.4 is 4.74 Å². The molecule has 0 bridgehead atoms. The maximum atomic E-state index is 11.7. The van der Waals surface area contributed by atoms with Crippen molar-refractivity contribution in [3.8, 4) is 5.75 Å².